The van der Waals surface area contributed by atoms with Crippen molar-refractivity contribution in [2.45, 2.75) is 39.3 Å². The molecule has 0 saturated heterocycles. The van der Waals surface area contributed by atoms with Crippen molar-refractivity contribution in [3.05, 3.63) is 16.4 Å². The molecule has 0 atom stereocenters. The molecule has 3 nitrogen and oxygen atoms in total. The molecule has 0 bridgehead atoms. The van der Waals surface area contributed by atoms with Gasteiger partial charge in [0.15, 0.2) is 0 Å². The SMILES string of the molecule is CCC(C)(C)n1cc(CO)c(Br)n1. The molecule has 1 aromatic heterocycles. The Kier molecular flexibility index (Phi) is 3.14. The monoisotopic (exact) mass is 246 g/mol. The predicted octanol–water partition coefficient (Wildman–Crippen LogP) is 2.28. The van der Waals surface area contributed by atoms with Crippen LogP contribution >= 0.6 is 15.9 Å². The Balaban J connectivity index is 3.03. The van der Waals surface area contributed by atoms with Gasteiger partial charge in [-0.3, -0.25) is 4.68 Å². The van der Waals surface area contributed by atoms with E-state index in [1.54, 1.807) is 0 Å². The molecule has 0 saturated carbocycles. The molecule has 0 unspecified atom stereocenters. The minimum atomic E-state index is 0.00986. The summed E-state index contributed by atoms with van der Waals surface area (Å²) in [7, 11) is 0. The Hall–Kier alpha value is -0.350. The molecule has 1 rings (SSSR count). The van der Waals surface area contributed by atoms with Crippen molar-refractivity contribution in [2.75, 3.05) is 0 Å². The van der Waals surface area contributed by atoms with Crippen LogP contribution in [0.2, 0.25) is 0 Å². The van der Waals surface area contributed by atoms with Crippen LogP contribution in [0.25, 0.3) is 0 Å². The Morgan fingerprint density at radius 2 is 2.23 bits per heavy atom. The van der Waals surface area contributed by atoms with Gasteiger partial charge in [-0.2, -0.15) is 5.10 Å². The first-order chi connectivity index (χ1) is 6.01. The first-order valence-corrected chi connectivity index (χ1v) is 5.16. The molecule has 0 aromatic carbocycles. The molecule has 13 heavy (non-hydrogen) atoms. The topological polar surface area (TPSA) is 38.0 Å². The first-order valence-electron chi connectivity index (χ1n) is 4.36. The third-order valence-electron chi connectivity index (χ3n) is 2.39. The Morgan fingerprint density at radius 3 is 2.62 bits per heavy atom. The number of hydrogen-bond acceptors (Lipinski definition) is 2. The van der Waals surface area contributed by atoms with Crippen molar-refractivity contribution in [1.29, 1.82) is 0 Å². The average Bonchev–Trinajstić information content (AvgIpc) is 2.47. The lowest BCUT2D eigenvalue weighted by Crippen LogP contribution is -2.25. The molecule has 1 aromatic rings. The van der Waals surface area contributed by atoms with Crippen LogP contribution in [0.3, 0.4) is 0 Å². The summed E-state index contributed by atoms with van der Waals surface area (Å²) in [4.78, 5) is 0. The normalized spacial score (nSPS) is 12.1. The fourth-order valence-corrected chi connectivity index (χ4v) is 1.37. The highest BCUT2D eigenvalue weighted by Gasteiger charge is 2.19. The van der Waals surface area contributed by atoms with Gasteiger partial charge in [-0.25, -0.2) is 0 Å². The van der Waals surface area contributed by atoms with Crippen LogP contribution in [-0.2, 0) is 12.1 Å². The van der Waals surface area contributed by atoms with E-state index in [0.29, 0.717) is 0 Å². The zero-order valence-corrected chi connectivity index (χ0v) is 9.80. The summed E-state index contributed by atoms with van der Waals surface area (Å²) in [5.74, 6) is 0. The summed E-state index contributed by atoms with van der Waals surface area (Å²) in [6.07, 6.45) is 2.89. The van der Waals surface area contributed by atoms with Crippen LogP contribution in [0.15, 0.2) is 10.8 Å². The average molecular weight is 247 g/mol. The Morgan fingerprint density at radius 1 is 1.62 bits per heavy atom. The van der Waals surface area contributed by atoms with Gasteiger partial charge < -0.3 is 5.11 Å². The van der Waals surface area contributed by atoms with E-state index in [0.717, 1.165) is 16.6 Å². The maximum atomic E-state index is 8.99. The van der Waals surface area contributed by atoms with Crippen LogP contribution in [0.5, 0.6) is 0 Å². The highest BCUT2D eigenvalue weighted by Crippen LogP contribution is 2.22. The van der Waals surface area contributed by atoms with Crippen molar-refractivity contribution in [3.63, 3.8) is 0 Å². The smallest absolute Gasteiger partial charge is 0.133 e. The number of aliphatic hydroxyl groups is 1. The van der Waals surface area contributed by atoms with Crippen LogP contribution in [0.4, 0.5) is 0 Å². The molecule has 1 N–H and O–H groups in total. The summed E-state index contributed by atoms with van der Waals surface area (Å²) in [6, 6.07) is 0. The minimum absolute atomic E-state index is 0.00986. The second-order valence-corrected chi connectivity index (χ2v) is 4.46. The van der Waals surface area contributed by atoms with Gasteiger partial charge in [-0.1, -0.05) is 6.92 Å². The van der Waals surface area contributed by atoms with Gasteiger partial charge in [0.25, 0.3) is 0 Å². The highest BCUT2D eigenvalue weighted by molar-refractivity contribution is 9.10. The van der Waals surface area contributed by atoms with Gasteiger partial charge in [0, 0.05) is 11.8 Å². The van der Waals surface area contributed by atoms with Gasteiger partial charge in [0.05, 0.1) is 12.1 Å². The lowest BCUT2D eigenvalue weighted by atomic mass is 10.0. The number of hydrogen-bond donors (Lipinski definition) is 1. The van der Waals surface area contributed by atoms with E-state index in [-0.39, 0.29) is 12.1 Å². The molecular formula is C9H15BrN2O. The summed E-state index contributed by atoms with van der Waals surface area (Å²) >= 11 is 3.31. The van der Waals surface area contributed by atoms with Crippen molar-refractivity contribution >= 4 is 15.9 Å². The van der Waals surface area contributed by atoms with E-state index in [9.17, 15) is 0 Å². The standard InChI is InChI=1S/C9H15BrN2O/c1-4-9(2,3)12-5-7(6-13)8(10)11-12/h5,13H,4,6H2,1-3H3. The number of rotatable bonds is 3. The molecular weight excluding hydrogens is 232 g/mol. The van der Waals surface area contributed by atoms with Crippen molar-refractivity contribution in [3.8, 4) is 0 Å². The second-order valence-electron chi connectivity index (χ2n) is 3.71. The molecule has 0 aliphatic rings. The molecule has 4 heteroatoms. The number of aliphatic hydroxyl groups excluding tert-OH is 1. The molecule has 0 amide bonds. The fourth-order valence-electron chi connectivity index (χ4n) is 0.967. The van der Waals surface area contributed by atoms with Crippen LogP contribution in [0.1, 0.15) is 32.8 Å². The number of aromatic nitrogens is 2. The highest BCUT2D eigenvalue weighted by atomic mass is 79.9. The molecule has 0 spiro atoms. The molecule has 0 aliphatic heterocycles. The van der Waals surface area contributed by atoms with Gasteiger partial charge in [-0.15, -0.1) is 0 Å². The fraction of sp³-hybridized carbons (Fsp3) is 0.667. The van der Waals surface area contributed by atoms with E-state index < -0.39 is 0 Å². The molecule has 0 fully saturated rings. The van der Waals surface area contributed by atoms with E-state index in [1.165, 1.54) is 0 Å². The summed E-state index contributed by atoms with van der Waals surface area (Å²) in [5.41, 5.74) is 0.845. The van der Waals surface area contributed by atoms with Gasteiger partial charge >= 0.3 is 0 Å². The summed E-state index contributed by atoms with van der Waals surface area (Å²) < 4.78 is 2.62. The zero-order chi connectivity index (χ0) is 10.1. The van der Waals surface area contributed by atoms with Crippen molar-refractivity contribution in [2.24, 2.45) is 0 Å². The second kappa shape index (κ2) is 3.80. The molecule has 0 aliphatic carbocycles. The van der Waals surface area contributed by atoms with E-state index >= 15 is 0 Å². The van der Waals surface area contributed by atoms with Crippen LogP contribution in [0, 0.1) is 0 Å². The van der Waals surface area contributed by atoms with E-state index in [2.05, 4.69) is 41.8 Å². The summed E-state index contributed by atoms with van der Waals surface area (Å²) in [5, 5.41) is 13.3. The van der Waals surface area contributed by atoms with E-state index in [4.69, 9.17) is 5.11 Å². The lowest BCUT2D eigenvalue weighted by Gasteiger charge is -2.23. The molecule has 1 heterocycles. The van der Waals surface area contributed by atoms with Crippen molar-refractivity contribution in [1.82, 2.24) is 9.78 Å². The quantitative estimate of drug-likeness (QED) is 0.889. The van der Waals surface area contributed by atoms with Gasteiger partial charge in [0.2, 0.25) is 0 Å². The first kappa shape index (κ1) is 10.7. The lowest BCUT2D eigenvalue weighted by molar-refractivity contribution is 0.279. The third kappa shape index (κ3) is 2.11. The van der Waals surface area contributed by atoms with Crippen LogP contribution in [-0.4, -0.2) is 14.9 Å². The maximum Gasteiger partial charge on any atom is 0.133 e. The predicted molar refractivity (Wildman–Crippen MR) is 55.5 cm³/mol. The Bertz CT molecular complexity index is 294. The summed E-state index contributed by atoms with van der Waals surface area (Å²) in [6.45, 7) is 6.38. The molecule has 74 valence electrons. The van der Waals surface area contributed by atoms with Crippen LogP contribution < -0.4 is 0 Å². The van der Waals surface area contributed by atoms with Crippen molar-refractivity contribution < 1.29 is 5.11 Å². The van der Waals surface area contributed by atoms with Gasteiger partial charge in [0.1, 0.15) is 4.60 Å². The zero-order valence-electron chi connectivity index (χ0n) is 8.21. The number of nitrogens with zero attached hydrogens (tertiary/aromatic N) is 2. The number of halogens is 1. The molecule has 0 radical (unpaired) electrons. The van der Waals surface area contributed by atoms with E-state index in [1.807, 2.05) is 10.9 Å². The minimum Gasteiger partial charge on any atom is -0.392 e. The van der Waals surface area contributed by atoms with Gasteiger partial charge in [-0.05, 0) is 36.2 Å². The third-order valence-corrected chi connectivity index (χ3v) is 3.06. The maximum absolute atomic E-state index is 8.99. The largest absolute Gasteiger partial charge is 0.392 e. The Labute approximate surface area is 86.9 Å².